The van der Waals surface area contributed by atoms with E-state index in [0.717, 1.165) is 0 Å². The summed E-state index contributed by atoms with van der Waals surface area (Å²) < 4.78 is 19.0. The first-order valence-electron chi connectivity index (χ1n) is 10.9. The summed E-state index contributed by atoms with van der Waals surface area (Å²) in [6.45, 7) is 29.6. The lowest BCUT2D eigenvalue weighted by Gasteiger charge is -2.49. The van der Waals surface area contributed by atoms with E-state index in [1.807, 2.05) is 0 Å². The minimum atomic E-state index is -2.09. The standard InChI is InChI=1S/C22H48O4Si2/c1-17(2)28(18(3)4,19(5)6)26-22(11,14-15-24-20(7)23)16-25-27(12,13)21(8,9)10/h17-19H,14-16H2,1-13H3/t22-/m1/s1. The Bertz CT molecular complexity index is 473. The zero-order chi connectivity index (χ0) is 22.6. The molecule has 0 fully saturated rings. The van der Waals surface area contributed by atoms with Crippen molar-refractivity contribution in [3.63, 3.8) is 0 Å². The molecule has 0 saturated heterocycles. The van der Waals surface area contributed by atoms with Crippen molar-refractivity contribution in [2.45, 2.75) is 123 Å². The number of hydrogen-bond acceptors (Lipinski definition) is 4. The normalized spacial score (nSPS) is 16.0. The van der Waals surface area contributed by atoms with Crippen molar-refractivity contribution in [2.24, 2.45) is 0 Å². The van der Waals surface area contributed by atoms with Crippen LogP contribution in [0.5, 0.6) is 0 Å². The molecule has 0 aliphatic rings. The molecule has 0 aromatic rings. The van der Waals surface area contributed by atoms with Crippen LogP contribution in [-0.4, -0.2) is 41.4 Å². The zero-order valence-corrected chi connectivity index (χ0v) is 23.0. The van der Waals surface area contributed by atoms with Gasteiger partial charge in [0.25, 0.3) is 0 Å². The van der Waals surface area contributed by atoms with Gasteiger partial charge < -0.3 is 13.6 Å². The van der Waals surface area contributed by atoms with Gasteiger partial charge in [-0.05, 0) is 41.7 Å². The number of esters is 1. The molecular weight excluding hydrogens is 384 g/mol. The third kappa shape index (κ3) is 7.26. The van der Waals surface area contributed by atoms with Crippen LogP contribution in [0.15, 0.2) is 0 Å². The molecule has 0 unspecified atom stereocenters. The van der Waals surface area contributed by atoms with Crippen LogP contribution in [0.4, 0.5) is 0 Å². The van der Waals surface area contributed by atoms with Gasteiger partial charge in [0.1, 0.15) is 0 Å². The van der Waals surface area contributed by atoms with E-state index < -0.39 is 22.2 Å². The molecule has 0 saturated carbocycles. The average molecular weight is 433 g/mol. The predicted molar refractivity (Wildman–Crippen MR) is 125 cm³/mol. The number of carbonyl (C=O) groups excluding carboxylic acids is 1. The third-order valence-corrected chi connectivity index (χ3v) is 17.3. The second-order valence-corrected chi connectivity index (χ2v) is 21.2. The molecule has 0 rings (SSSR count). The number of carbonyl (C=O) groups is 1. The van der Waals surface area contributed by atoms with E-state index in [4.69, 9.17) is 13.6 Å². The zero-order valence-electron chi connectivity index (χ0n) is 21.0. The molecule has 0 aromatic heterocycles. The second-order valence-electron chi connectivity index (χ2n) is 11.0. The van der Waals surface area contributed by atoms with Crippen LogP contribution in [0, 0.1) is 0 Å². The van der Waals surface area contributed by atoms with Gasteiger partial charge in [-0.15, -0.1) is 0 Å². The second kappa shape index (κ2) is 10.2. The van der Waals surface area contributed by atoms with Gasteiger partial charge in [0.05, 0.1) is 18.8 Å². The highest BCUT2D eigenvalue weighted by atomic mass is 28.4. The summed E-state index contributed by atoms with van der Waals surface area (Å²) in [5.41, 5.74) is 1.02. The largest absolute Gasteiger partial charge is 0.466 e. The molecule has 0 N–H and O–H groups in total. The first kappa shape index (κ1) is 27.8. The summed E-state index contributed by atoms with van der Waals surface area (Å²) in [4.78, 5) is 11.3. The van der Waals surface area contributed by atoms with Gasteiger partial charge in [0.15, 0.2) is 8.32 Å². The van der Waals surface area contributed by atoms with E-state index >= 15 is 0 Å². The summed E-state index contributed by atoms with van der Waals surface area (Å²) in [5, 5.41) is 0.145. The minimum Gasteiger partial charge on any atom is -0.466 e. The van der Waals surface area contributed by atoms with Crippen LogP contribution in [0.2, 0.25) is 34.8 Å². The Morgan fingerprint density at radius 2 is 1.32 bits per heavy atom. The fraction of sp³-hybridized carbons (Fsp3) is 0.955. The molecule has 0 radical (unpaired) electrons. The Hall–Kier alpha value is -0.176. The first-order chi connectivity index (χ1) is 12.4. The fourth-order valence-corrected chi connectivity index (χ4v) is 10.7. The van der Waals surface area contributed by atoms with Crippen molar-refractivity contribution in [3.8, 4) is 0 Å². The van der Waals surface area contributed by atoms with E-state index in [9.17, 15) is 4.79 Å². The van der Waals surface area contributed by atoms with Gasteiger partial charge in [0, 0.05) is 13.3 Å². The summed E-state index contributed by atoms with van der Waals surface area (Å²) in [6.07, 6.45) is 0.655. The molecule has 6 heteroatoms. The van der Waals surface area contributed by atoms with Crippen LogP contribution in [0.25, 0.3) is 0 Å². The van der Waals surface area contributed by atoms with Gasteiger partial charge in [-0.3, -0.25) is 4.79 Å². The highest BCUT2D eigenvalue weighted by Gasteiger charge is 2.50. The van der Waals surface area contributed by atoms with Crippen LogP contribution in [0.3, 0.4) is 0 Å². The quantitative estimate of drug-likeness (QED) is 0.263. The fourth-order valence-electron chi connectivity index (χ4n) is 3.89. The van der Waals surface area contributed by atoms with Gasteiger partial charge in [-0.1, -0.05) is 62.3 Å². The molecule has 0 aliphatic heterocycles. The van der Waals surface area contributed by atoms with Crippen molar-refractivity contribution in [3.05, 3.63) is 0 Å². The van der Waals surface area contributed by atoms with Crippen LogP contribution < -0.4 is 0 Å². The maximum atomic E-state index is 11.3. The summed E-state index contributed by atoms with van der Waals surface area (Å²) in [5.74, 6) is -0.243. The molecule has 4 nitrogen and oxygen atoms in total. The maximum absolute atomic E-state index is 11.3. The molecule has 0 heterocycles. The highest BCUT2D eigenvalue weighted by molar-refractivity contribution is 6.77. The monoisotopic (exact) mass is 432 g/mol. The summed E-state index contributed by atoms with van der Waals surface area (Å²) in [6, 6.07) is 0. The molecule has 0 amide bonds. The molecule has 28 heavy (non-hydrogen) atoms. The predicted octanol–water partition coefficient (Wildman–Crippen LogP) is 6.91. The molecule has 0 aromatic carbocycles. The van der Waals surface area contributed by atoms with E-state index in [-0.39, 0.29) is 11.0 Å². The molecule has 168 valence electrons. The van der Waals surface area contributed by atoms with Gasteiger partial charge in [-0.2, -0.15) is 0 Å². The highest BCUT2D eigenvalue weighted by Crippen LogP contribution is 2.46. The molecule has 1 atom stereocenters. The van der Waals surface area contributed by atoms with E-state index in [2.05, 4.69) is 82.3 Å². The van der Waals surface area contributed by atoms with E-state index in [1.165, 1.54) is 6.92 Å². The Morgan fingerprint density at radius 3 is 1.64 bits per heavy atom. The Morgan fingerprint density at radius 1 is 0.893 bits per heavy atom. The van der Waals surface area contributed by atoms with Crippen molar-refractivity contribution in [1.82, 2.24) is 0 Å². The van der Waals surface area contributed by atoms with Gasteiger partial charge in [0.2, 0.25) is 8.32 Å². The smallest absolute Gasteiger partial charge is 0.302 e. The Kier molecular flexibility index (Phi) is 10.2. The van der Waals surface area contributed by atoms with Crippen LogP contribution in [0.1, 0.15) is 82.6 Å². The molecule has 0 aliphatic carbocycles. The lowest BCUT2D eigenvalue weighted by Crippen LogP contribution is -2.56. The lowest BCUT2D eigenvalue weighted by atomic mass is 10.1. The Balaban J connectivity index is 5.79. The van der Waals surface area contributed by atoms with Crippen molar-refractivity contribution in [1.29, 1.82) is 0 Å². The first-order valence-corrected chi connectivity index (χ1v) is 15.9. The number of hydrogen-bond donors (Lipinski definition) is 0. The van der Waals surface area contributed by atoms with Gasteiger partial charge in [-0.25, -0.2) is 0 Å². The van der Waals surface area contributed by atoms with Crippen LogP contribution in [-0.2, 0) is 18.4 Å². The van der Waals surface area contributed by atoms with Crippen LogP contribution >= 0.6 is 0 Å². The summed E-state index contributed by atoms with van der Waals surface area (Å²) in [7, 11) is -3.99. The topological polar surface area (TPSA) is 44.8 Å². The molecule has 0 bridgehead atoms. The SMILES string of the molecule is CC(=O)OCC[C@](C)(CO[Si](C)(C)C(C)(C)C)O[Si](C(C)C)(C(C)C)C(C)C. The summed E-state index contributed by atoms with van der Waals surface area (Å²) >= 11 is 0. The van der Waals surface area contributed by atoms with Gasteiger partial charge >= 0.3 is 5.97 Å². The van der Waals surface area contributed by atoms with E-state index in [1.54, 1.807) is 0 Å². The molecule has 0 spiro atoms. The lowest BCUT2D eigenvalue weighted by molar-refractivity contribution is -0.142. The third-order valence-electron chi connectivity index (χ3n) is 6.61. The van der Waals surface area contributed by atoms with E-state index in [0.29, 0.717) is 36.3 Å². The number of ether oxygens (including phenoxy) is 1. The molecular formula is C22H48O4Si2. The van der Waals surface area contributed by atoms with Crippen molar-refractivity contribution in [2.75, 3.05) is 13.2 Å². The van der Waals surface area contributed by atoms with Crippen molar-refractivity contribution < 1.29 is 18.4 Å². The van der Waals surface area contributed by atoms with Crippen molar-refractivity contribution >= 4 is 22.6 Å². The Labute approximate surface area is 177 Å². The minimum absolute atomic E-state index is 0.145. The maximum Gasteiger partial charge on any atom is 0.302 e. The number of rotatable bonds is 11. The average Bonchev–Trinajstić information content (AvgIpc) is 2.48.